The van der Waals surface area contributed by atoms with Gasteiger partial charge in [0.25, 0.3) is 5.78 Å². The van der Waals surface area contributed by atoms with Crippen LogP contribution in [0.2, 0.25) is 10.0 Å². The molecule has 2 aliphatic heterocycles. The highest BCUT2D eigenvalue weighted by Crippen LogP contribution is 2.45. The number of thiazole rings is 1. The number of fused-ring (bicyclic) bond motifs is 2. The van der Waals surface area contributed by atoms with Gasteiger partial charge in [0.2, 0.25) is 0 Å². The van der Waals surface area contributed by atoms with Crippen molar-refractivity contribution in [2.75, 3.05) is 4.90 Å². The fourth-order valence-corrected chi connectivity index (χ4v) is 6.20. The summed E-state index contributed by atoms with van der Waals surface area (Å²) in [7, 11) is 0. The van der Waals surface area contributed by atoms with Crippen LogP contribution in [-0.4, -0.2) is 27.9 Å². The number of anilines is 1. The number of hydrogen-bond donors (Lipinski definition) is 1. The summed E-state index contributed by atoms with van der Waals surface area (Å²) in [6, 6.07) is 16.5. The molecule has 0 saturated carbocycles. The van der Waals surface area contributed by atoms with E-state index in [0.717, 1.165) is 16.0 Å². The number of ether oxygens (including phenoxy) is 1. The number of nitrogens with zero attached hydrogens (tertiary/aromatic N) is 2. The SMILES string of the molecule is CC1Cc2cc(C(O)=C3C(=O)C(=O)N(c4nc5ccc(Cl)cc5s4)C3c3cccc(Cl)c3)ccc2O1. The molecule has 3 heterocycles. The maximum Gasteiger partial charge on any atom is 0.301 e. The van der Waals surface area contributed by atoms with E-state index in [1.807, 2.05) is 6.92 Å². The van der Waals surface area contributed by atoms with Crippen molar-refractivity contribution in [1.82, 2.24) is 4.98 Å². The van der Waals surface area contributed by atoms with Crippen LogP contribution in [0, 0.1) is 0 Å². The Morgan fingerprint density at radius 2 is 1.89 bits per heavy atom. The molecule has 0 radical (unpaired) electrons. The van der Waals surface area contributed by atoms with Crippen LogP contribution in [0.1, 0.15) is 29.7 Å². The molecule has 1 amide bonds. The van der Waals surface area contributed by atoms with E-state index >= 15 is 0 Å². The number of rotatable bonds is 3. The lowest BCUT2D eigenvalue weighted by atomic mass is 9.94. The van der Waals surface area contributed by atoms with Crippen molar-refractivity contribution in [3.8, 4) is 5.75 Å². The molecule has 1 aromatic heterocycles. The minimum Gasteiger partial charge on any atom is -0.507 e. The minimum atomic E-state index is -0.914. The molecular formula is C27H18Cl2N2O4S. The number of aliphatic hydroxyl groups is 1. The summed E-state index contributed by atoms with van der Waals surface area (Å²) in [5.74, 6) is -1.07. The van der Waals surface area contributed by atoms with E-state index in [4.69, 9.17) is 27.9 Å². The van der Waals surface area contributed by atoms with Gasteiger partial charge in [0.05, 0.1) is 21.8 Å². The van der Waals surface area contributed by atoms with Crippen molar-refractivity contribution in [3.63, 3.8) is 0 Å². The number of Topliss-reactive ketones (excluding diaryl/α,β-unsaturated/α-hetero) is 1. The molecule has 2 unspecified atom stereocenters. The summed E-state index contributed by atoms with van der Waals surface area (Å²) >= 11 is 13.7. The van der Waals surface area contributed by atoms with Crippen molar-refractivity contribution in [2.45, 2.75) is 25.5 Å². The third kappa shape index (κ3) is 3.75. The number of aromatic nitrogens is 1. The summed E-state index contributed by atoms with van der Waals surface area (Å²) in [5.41, 5.74) is 2.58. The zero-order valence-corrected chi connectivity index (χ0v) is 21.2. The van der Waals surface area contributed by atoms with Crippen molar-refractivity contribution in [2.24, 2.45) is 0 Å². The van der Waals surface area contributed by atoms with E-state index in [1.165, 1.54) is 16.2 Å². The molecule has 2 aliphatic rings. The van der Waals surface area contributed by atoms with Crippen molar-refractivity contribution >= 4 is 67.3 Å². The average Bonchev–Trinajstić information content (AvgIpc) is 3.50. The van der Waals surface area contributed by atoms with Crippen LogP contribution in [0.25, 0.3) is 16.0 Å². The van der Waals surface area contributed by atoms with Gasteiger partial charge in [0.1, 0.15) is 17.6 Å². The number of amides is 1. The van der Waals surface area contributed by atoms with Gasteiger partial charge in [-0.1, -0.05) is 46.7 Å². The molecule has 3 aromatic carbocycles. The summed E-state index contributed by atoms with van der Waals surface area (Å²) in [5, 5.41) is 12.7. The summed E-state index contributed by atoms with van der Waals surface area (Å²) < 4.78 is 6.54. The predicted octanol–water partition coefficient (Wildman–Crippen LogP) is 6.55. The van der Waals surface area contributed by atoms with Crippen LogP contribution in [0.4, 0.5) is 5.13 Å². The quantitative estimate of drug-likeness (QED) is 0.182. The first-order valence-corrected chi connectivity index (χ1v) is 12.8. The Bertz CT molecular complexity index is 1610. The van der Waals surface area contributed by atoms with Gasteiger partial charge in [-0.3, -0.25) is 14.5 Å². The van der Waals surface area contributed by atoms with E-state index in [1.54, 1.807) is 60.7 Å². The van der Waals surface area contributed by atoms with Gasteiger partial charge in [-0.05, 0) is 66.6 Å². The molecule has 36 heavy (non-hydrogen) atoms. The Kier molecular flexibility index (Phi) is 5.52. The number of hydrogen-bond acceptors (Lipinski definition) is 6. The average molecular weight is 537 g/mol. The number of ketones is 1. The molecule has 180 valence electrons. The summed E-state index contributed by atoms with van der Waals surface area (Å²) in [6.45, 7) is 1.97. The van der Waals surface area contributed by atoms with E-state index in [9.17, 15) is 14.7 Å². The number of aliphatic hydroxyl groups excluding tert-OH is 1. The first kappa shape index (κ1) is 23.0. The van der Waals surface area contributed by atoms with Crippen LogP contribution in [0.5, 0.6) is 5.75 Å². The van der Waals surface area contributed by atoms with E-state index in [0.29, 0.717) is 38.2 Å². The van der Waals surface area contributed by atoms with Gasteiger partial charge in [-0.25, -0.2) is 4.98 Å². The lowest BCUT2D eigenvalue weighted by Gasteiger charge is -2.23. The van der Waals surface area contributed by atoms with Gasteiger partial charge in [0.15, 0.2) is 5.13 Å². The molecule has 4 aromatic rings. The second-order valence-corrected chi connectivity index (χ2v) is 10.7. The Labute approximate surface area is 220 Å². The second-order valence-electron chi connectivity index (χ2n) is 8.79. The third-order valence-electron chi connectivity index (χ3n) is 6.32. The van der Waals surface area contributed by atoms with Gasteiger partial charge in [-0.2, -0.15) is 0 Å². The molecule has 0 spiro atoms. The van der Waals surface area contributed by atoms with Gasteiger partial charge in [-0.15, -0.1) is 0 Å². The molecule has 6 nitrogen and oxygen atoms in total. The Morgan fingerprint density at radius 1 is 1.08 bits per heavy atom. The fraction of sp³-hybridized carbons (Fsp3) is 0.148. The smallest absolute Gasteiger partial charge is 0.301 e. The Balaban J connectivity index is 1.54. The van der Waals surface area contributed by atoms with Crippen LogP contribution < -0.4 is 9.64 Å². The highest BCUT2D eigenvalue weighted by molar-refractivity contribution is 7.22. The molecular weight excluding hydrogens is 519 g/mol. The second kappa shape index (κ2) is 8.62. The molecule has 6 rings (SSSR count). The zero-order valence-electron chi connectivity index (χ0n) is 18.9. The highest BCUT2D eigenvalue weighted by Gasteiger charge is 2.48. The van der Waals surface area contributed by atoms with E-state index in [2.05, 4.69) is 4.98 Å². The lowest BCUT2D eigenvalue weighted by molar-refractivity contribution is -0.132. The molecule has 9 heteroatoms. The number of carbonyl (C=O) groups is 2. The van der Waals surface area contributed by atoms with Gasteiger partial charge >= 0.3 is 5.91 Å². The standard InChI is InChI=1S/C27H18Cl2N2O4S/c1-13-9-16-10-15(5-8-20(16)35-13)24(32)22-23(14-3-2-4-17(28)11-14)31(26(34)25(22)33)27-30-19-7-6-18(29)12-21(19)36-27/h2-8,10-13,23,32H,9H2,1H3. The predicted molar refractivity (Wildman–Crippen MR) is 141 cm³/mol. The maximum absolute atomic E-state index is 13.4. The normalized spacial score (nSPS) is 20.7. The monoisotopic (exact) mass is 536 g/mol. The van der Waals surface area contributed by atoms with Crippen LogP contribution >= 0.6 is 34.5 Å². The largest absolute Gasteiger partial charge is 0.507 e. The molecule has 0 aliphatic carbocycles. The number of benzene rings is 3. The van der Waals surface area contributed by atoms with Gasteiger partial charge in [0, 0.05) is 22.0 Å². The lowest BCUT2D eigenvalue weighted by Crippen LogP contribution is -2.29. The first-order chi connectivity index (χ1) is 17.3. The van der Waals surface area contributed by atoms with Crippen molar-refractivity contribution < 1.29 is 19.4 Å². The molecule has 1 fully saturated rings. The molecule has 0 bridgehead atoms. The number of halogens is 2. The molecule has 1 N–H and O–H groups in total. The first-order valence-electron chi connectivity index (χ1n) is 11.2. The molecule has 1 saturated heterocycles. The Hall–Kier alpha value is -3.39. The highest BCUT2D eigenvalue weighted by atomic mass is 35.5. The minimum absolute atomic E-state index is 0.0218. The summed E-state index contributed by atoms with van der Waals surface area (Å²) in [6.07, 6.45) is 0.721. The van der Waals surface area contributed by atoms with Crippen molar-refractivity contribution in [3.05, 3.63) is 93.0 Å². The Morgan fingerprint density at radius 3 is 2.69 bits per heavy atom. The maximum atomic E-state index is 13.4. The fourth-order valence-electron chi connectivity index (χ4n) is 4.74. The van der Waals surface area contributed by atoms with Gasteiger partial charge < -0.3 is 9.84 Å². The zero-order chi connectivity index (χ0) is 25.1. The molecule has 2 atom stereocenters. The van der Waals surface area contributed by atoms with Crippen LogP contribution in [0.15, 0.2) is 66.2 Å². The van der Waals surface area contributed by atoms with E-state index in [-0.39, 0.29) is 17.4 Å². The van der Waals surface area contributed by atoms with Crippen LogP contribution in [0.3, 0.4) is 0 Å². The summed E-state index contributed by atoms with van der Waals surface area (Å²) in [4.78, 5) is 32.8. The third-order valence-corrected chi connectivity index (χ3v) is 7.81. The van der Waals surface area contributed by atoms with Crippen LogP contribution in [-0.2, 0) is 16.0 Å². The van der Waals surface area contributed by atoms with E-state index < -0.39 is 17.7 Å². The van der Waals surface area contributed by atoms with Crippen molar-refractivity contribution in [1.29, 1.82) is 0 Å². The topological polar surface area (TPSA) is 79.7 Å². The number of carbonyl (C=O) groups excluding carboxylic acids is 2.